The van der Waals surface area contributed by atoms with Gasteiger partial charge >= 0.3 is 5.69 Å². The number of nitrogens with zero attached hydrogens (tertiary/aromatic N) is 1. The van der Waals surface area contributed by atoms with Crippen LogP contribution < -0.4 is 31.8 Å². The summed E-state index contributed by atoms with van der Waals surface area (Å²) >= 11 is 12.2. The average Bonchev–Trinajstić information content (AvgIpc) is 3.18. The number of nitrogens with two attached hydrogens (primary N) is 1. The van der Waals surface area contributed by atoms with Crippen LogP contribution in [0, 0.1) is 5.92 Å². The van der Waals surface area contributed by atoms with Gasteiger partial charge in [-0.15, -0.1) is 0 Å². The Hall–Kier alpha value is -2.97. The molecule has 1 fully saturated rings. The van der Waals surface area contributed by atoms with Gasteiger partial charge in [-0.3, -0.25) is 23.9 Å². The van der Waals surface area contributed by atoms with Crippen LogP contribution in [-0.2, 0) is 20.7 Å². The largest absolute Gasteiger partial charge is 0.495 e. The van der Waals surface area contributed by atoms with Crippen molar-refractivity contribution in [3.63, 3.8) is 0 Å². The molecule has 1 aromatic heterocycles. The van der Waals surface area contributed by atoms with Gasteiger partial charge in [0.25, 0.3) is 11.5 Å². The van der Waals surface area contributed by atoms with E-state index in [9.17, 15) is 24.3 Å². The number of methoxy groups -OCH3 is 1. The minimum Gasteiger partial charge on any atom is -0.495 e. The first-order valence-corrected chi connectivity index (χ1v) is 13.6. The number of amides is 1. The van der Waals surface area contributed by atoms with Crippen LogP contribution in [0.2, 0.25) is 10.0 Å². The lowest BCUT2D eigenvalue weighted by atomic mass is 9.81. The van der Waals surface area contributed by atoms with E-state index >= 15 is 4.39 Å². The number of ketones is 1. The molecular weight excluding hydrogens is 586 g/mol. The summed E-state index contributed by atoms with van der Waals surface area (Å²) in [5.74, 6) is -1.93. The summed E-state index contributed by atoms with van der Waals surface area (Å²) in [6.45, 7) is 5.71. The molecule has 0 radical (unpaired) electrons. The molecule has 1 aromatic carbocycles. The highest BCUT2D eigenvalue weighted by atomic mass is 35.5. The summed E-state index contributed by atoms with van der Waals surface area (Å²) in [5, 5.41) is 14.3. The lowest BCUT2D eigenvalue weighted by molar-refractivity contribution is -0.150. The molecule has 12 nitrogen and oxygen atoms in total. The molecule has 2 heterocycles. The van der Waals surface area contributed by atoms with E-state index in [-0.39, 0.29) is 33.5 Å². The number of aromatic nitrogens is 2. The number of halogens is 3. The standard InChI is InChI=1S/C26H33Cl2FN4O8/c1-6-13-10-33(25(37)32-23(13)36)24-20(29)26(38,21(34)19(30)11(2)3)18(41-24)9-31-22(35)12(4)40-17-8-16(39-5)14(27)7-15(17)28/h7-8,10-12,18-20,24,38H,6,9,30H2,1-5H3,(H,31,35)(H,32,36,37)/t12-,18-,19+,20+,24-,26-/m1/s1. The molecule has 1 saturated heterocycles. The summed E-state index contributed by atoms with van der Waals surface area (Å²) in [7, 11) is 1.39. The topological polar surface area (TPSA) is 175 Å². The molecule has 2 aromatic rings. The molecule has 0 bridgehead atoms. The van der Waals surface area contributed by atoms with Crippen molar-refractivity contribution in [2.24, 2.45) is 11.7 Å². The molecule has 226 valence electrons. The first-order valence-electron chi connectivity index (χ1n) is 12.8. The van der Waals surface area contributed by atoms with E-state index in [4.69, 9.17) is 43.1 Å². The van der Waals surface area contributed by atoms with Gasteiger partial charge in [-0.2, -0.15) is 0 Å². The second-order valence-electron chi connectivity index (χ2n) is 9.97. The molecule has 0 aliphatic carbocycles. The van der Waals surface area contributed by atoms with Crippen LogP contribution in [0.15, 0.2) is 27.9 Å². The van der Waals surface area contributed by atoms with Crippen molar-refractivity contribution in [3.8, 4) is 11.5 Å². The lowest BCUT2D eigenvalue weighted by Crippen LogP contribution is -2.62. The fourth-order valence-corrected chi connectivity index (χ4v) is 4.82. The number of H-pyrrole nitrogens is 1. The Morgan fingerprint density at radius 2 is 1.88 bits per heavy atom. The van der Waals surface area contributed by atoms with Crippen LogP contribution >= 0.6 is 23.2 Å². The van der Waals surface area contributed by atoms with E-state index in [1.165, 1.54) is 26.2 Å². The Morgan fingerprint density at radius 1 is 1.24 bits per heavy atom. The zero-order valence-electron chi connectivity index (χ0n) is 23.1. The fraction of sp³-hybridized carbons (Fsp3) is 0.538. The highest BCUT2D eigenvalue weighted by Crippen LogP contribution is 2.41. The van der Waals surface area contributed by atoms with E-state index in [0.29, 0.717) is 0 Å². The maximum absolute atomic E-state index is 16.0. The number of aliphatic hydroxyl groups is 1. The Labute approximate surface area is 244 Å². The van der Waals surface area contributed by atoms with Crippen LogP contribution in [0.1, 0.15) is 39.5 Å². The van der Waals surface area contributed by atoms with Gasteiger partial charge in [-0.05, 0) is 25.3 Å². The monoisotopic (exact) mass is 618 g/mol. The third-order valence-electron chi connectivity index (χ3n) is 6.92. The molecule has 0 saturated carbocycles. The number of ether oxygens (including phenoxy) is 3. The number of rotatable bonds is 11. The molecule has 41 heavy (non-hydrogen) atoms. The first-order chi connectivity index (χ1) is 19.2. The average molecular weight is 619 g/mol. The Balaban J connectivity index is 1.88. The third-order valence-corrected chi connectivity index (χ3v) is 7.51. The van der Waals surface area contributed by atoms with Crippen LogP contribution in [0.4, 0.5) is 4.39 Å². The lowest BCUT2D eigenvalue weighted by Gasteiger charge is -2.32. The third kappa shape index (κ3) is 6.44. The second kappa shape index (κ2) is 12.9. The Bertz CT molecular complexity index is 1420. The molecule has 1 aliphatic rings. The van der Waals surface area contributed by atoms with E-state index < -0.39 is 71.7 Å². The van der Waals surface area contributed by atoms with Gasteiger partial charge in [-0.1, -0.05) is 44.0 Å². The van der Waals surface area contributed by atoms with Crippen molar-refractivity contribution in [1.29, 1.82) is 0 Å². The summed E-state index contributed by atoms with van der Waals surface area (Å²) in [6.07, 6.45) is -5.81. The number of carbonyl (C=O) groups is 2. The van der Waals surface area contributed by atoms with Crippen molar-refractivity contribution >= 4 is 34.9 Å². The number of aromatic amines is 1. The van der Waals surface area contributed by atoms with Crippen molar-refractivity contribution in [3.05, 3.63) is 54.8 Å². The number of hydrogen-bond donors (Lipinski definition) is 4. The minimum atomic E-state index is -2.85. The Morgan fingerprint density at radius 3 is 2.46 bits per heavy atom. The normalized spacial score (nSPS) is 23.7. The van der Waals surface area contributed by atoms with Gasteiger partial charge in [-0.25, -0.2) is 9.18 Å². The molecule has 1 amide bonds. The maximum atomic E-state index is 16.0. The molecule has 1 aliphatic heterocycles. The van der Waals surface area contributed by atoms with Crippen molar-refractivity contribution in [1.82, 2.24) is 14.9 Å². The molecule has 5 N–H and O–H groups in total. The van der Waals surface area contributed by atoms with Crippen molar-refractivity contribution in [2.45, 2.75) is 70.4 Å². The number of Topliss-reactive ketones (excluding diaryl/α,β-unsaturated/α-hetero) is 1. The zero-order chi connectivity index (χ0) is 30.8. The fourth-order valence-electron chi connectivity index (χ4n) is 4.32. The second-order valence-corrected chi connectivity index (χ2v) is 10.8. The van der Waals surface area contributed by atoms with Gasteiger partial charge in [0.15, 0.2) is 29.9 Å². The molecule has 0 spiro atoms. The van der Waals surface area contributed by atoms with E-state index in [1.807, 2.05) is 0 Å². The quantitative estimate of drug-likeness (QED) is 0.291. The molecule has 0 unspecified atom stereocenters. The highest BCUT2D eigenvalue weighted by molar-refractivity contribution is 6.36. The number of nitrogens with one attached hydrogen (secondary N) is 2. The van der Waals surface area contributed by atoms with Gasteiger partial charge < -0.3 is 30.4 Å². The molecule has 6 atom stereocenters. The predicted molar refractivity (Wildman–Crippen MR) is 148 cm³/mol. The number of aryl methyl sites for hydroxylation is 1. The SMILES string of the molecule is CCc1cn([C@@H]2O[C@H](CNC(=O)[C@@H](C)Oc3cc(OC)c(Cl)cc3Cl)[C@](O)(C(=O)[C@@H](N)C(C)C)[C@H]2F)c(=O)[nH]c1=O. The van der Waals surface area contributed by atoms with E-state index in [1.54, 1.807) is 20.8 Å². The van der Waals surface area contributed by atoms with E-state index in [0.717, 1.165) is 10.8 Å². The number of hydrogen-bond acceptors (Lipinski definition) is 9. The van der Waals surface area contributed by atoms with Crippen molar-refractivity contribution < 1.29 is 33.3 Å². The number of alkyl halides is 1. The number of benzene rings is 1. The predicted octanol–water partition coefficient (Wildman–Crippen LogP) is 1.52. The van der Waals surface area contributed by atoms with Gasteiger partial charge in [0.05, 0.1) is 23.2 Å². The van der Waals surface area contributed by atoms with Crippen LogP contribution in [0.5, 0.6) is 11.5 Å². The maximum Gasteiger partial charge on any atom is 0.330 e. The van der Waals surface area contributed by atoms with Crippen LogP contribution in [0.25, 0.3) is 0 Å². The van der Waals surface area contributed by atoms with Crippen molar-refractivity contribution in [2.75, 3.05) is 13.7 Å². The molecule has 3 rings (SSSR count). The van der Waals surface area contributed by atoms with E-state index in [2.05, 4.69) is 10.3 Å². The highest BCUT2D eigenvalue weighted by Gasteiger charge is 2.63. The summed E-state index contributed by atoms with van der Waals surface area (Å²) in [4.78, 5) is 52.8. The summed E-state index contributed by atoms with van der Waals surface area (Å²) < 4.78 is 33.2. The van der Waals surface area contributed by atoms with Gasteiger partial charge in [0.2, 0.25) is 0 Å². The Kier molecular flexibility index (Phi) is 10.2. The smallest absolute Gasteiger partial charge is 0.330 e. The van der Waals surface area contributed by atoms with Crippen LogP contribution in [-0.4, -0.2) is 70.0 Å². The number of carbonyl (C=O) groups excluding carboxylic acids is 2. The zero-order valence-corrected chi connectivity index (χ0v) is 24.6. The summed E-state index contributed by atoms with van der Waals surface area (Å²) in [5.41, 5.74) is 1.61. The van der Waals surface area contributed by atoms with Gasteiger partial charge in [0, 0.05) is 24.4 Å². The minimum absolute atomic E-state index is 0.0929. The first kappa shape index (κ1) is 32.5. The summed E-state index contributed by atoms with van der Waals surface area (Å²) in [6, 6.07) is 1.48. The van der Waals surface area contributed by atoms with Crippen LogP contribution in [0.3, 0.4) is 0 Å². The molecular formula is C26H33Cl2FN4O8. The van der Waals surface area contributed by atoms with Gasteiger partial charge in [0.1, 0.15) is 17.6 Å². The molecule has 15 heteroatoms.